The molecule has 0 amide bonds. The minimum atomic E-state index is -4.46. The predicted octanol–water partition coefficient (Wildman–Crippen LogP) is 3.13. The molecule has 1 aromatic carbocycles. The quantitative estimate of drug-likeness (QED) is 0.910. The zero-order chi connectivity index (χ0) is 13.1. The smallest absolute Gasteiger partial charge is 0.362 e. The summed E-state index contributed by atoms with van der Waals surface area (Å²) in [4.78, 5) is 0. The Morgan fingerprint density at radius 3 is 2.24 bits per heavy atom. The van der Waals surface area contributed by atoms with Crippen molar-refractivity contribution in [1.82, 2.24) is 0 Å². The van der Waals surface area contributed by atoms with Gasteiger partial charge in [-0.1, -0.05) is 23.7 Å². The molecule has 0 spiro atoms. The Morgan fingerprint density at radius 1 is 1.29 bits per heavy atom. The van der Waals surface area contributed by atoms with Crippen molar-refractivity contribution in [2.75, 3.05) is 0 Å². The average Bonchev–Trinajstić information content (AvgIpc) is 2.18. The van der Waals surface area contributed by atoms with E-state index in [1.807, 2.05) is 0 Å². The van der Waals surface area contributed by atoms with Crippen LogP contribution in [-0.2, 0) is 11.3 Å². The number of ether oxygens (including phenoxy) is 1. The van der Waals surface area contributed by atoms with Gasteiger partial charge < -0.3 is 10.5 Å². The van der Waals surface area contributed by atoms with Gasteiger partial charge in [-0.25, -0.2) is 0 Å². The molecule has 17 heavy (non-hydrogen) atoms. The third kappa shape index (κ3) is 4.53. The van der Waals surface area contributed by atoms with Gasteiger partial charge in [0, 0.05) is 11.1 Å². The van der Waals surface area contributed by atoms with E-state index < -0.39 is 18.3 Å². The van der Waals surface area contributed by atoms with Gasteiger partial charge in [0.25, 0.3) is 0 Å². The van der Waals surface area contributed by atoms with Crippen LogP contribution in [0, 0.1) is 0 Å². The molecule has 2 nitrogen and oxygen atoms in total. The third-order valence-electron chi connectivity index (χ3n) is 2.14. The second kappa shape index (κ2) is 5.71. The Labute approximate surface area is 103 Å². The van der Waals surface area contributed by atoms with Gasteiger partial charge in [0.1, 0.15) is 0 Å². The Hall–Kier alpha value is -0.780. The normalized spacial score (nSPS) is 15.6. The van der Waals surface area contributed by atoms with E-state index in [1.165, 1.54) is 6.92 Å². The molecule has 2 unspecified atom stereocenters. The first-order valence-corrected chi connectivity index (χ1v) is 5.37. The summed E-state index contributed by atoms with van der Waals surface area (Å²) in [7, 11) is 0. The molecule has 96 valence electrons. The zero-order valence-corrected chi connectivity index (χ0v) is 9.92. The minimum absolute atomic E-state index is 0.150. The number of alkyl halides is 3. The fourth-order valence-corrected chi connectivity index (χ4v) is 1.44. The topological polar surface area (TPSA) is 35.2 Å². The lowest BCUT2D eigenvalue weighted by Crippen LogP contribution is -2.45. The Morgan fingerprint density at radius 2 is 1.82 bits per heavy atom. The van der Waals surface area contributed by atoms with Crippen LogP contribution in [0.5, 0.6) is 0 Å². The van der Waals surface area contributed by atoms with Crippen molar-refractivity contribution < 1.29 is 17.9 Å². The van der Waals surface area contributed by atoms with Gasteiger partial charge in [0.2, 0.25) is 0 Å². The summed E-state index contributed by atoms with van der Waals surface area (Å²) in [6, 6.07) is 5.29. The van der Waals surface area contributed by atoms with E-state index >= 15 is 0 Å². The second-order valence-corrected chi connectivity index (χ2v) is 4.20. The number of benzene rings is 1. The highest BCUT2D eigenvalue weighted by atomic mass is 35.5. The first kappa shape index (κ1) is 14.3. The van der Waals surface area contributed by atoms with Gasteiger partial charge in [0.05, 0.1) is 6.61 Å². The monoisotopic (exact) mass is 267 g/mol. The molecule has 0 aliphatic heterocycles. The molecular formula is C11H13ClF3NO. The lowest BCUT2D eigenvalue weighted by molar-refractivity contribution is -0.228. The van der Waals surface area contributed by atoms with E-state index in [2.05, 4.69) is 0 Å². The predicted molar refractivity (Wildman–Crippen MR) is 59.7 cm³/mol. The summed E-state index contributed by atoms with van der Waals surface area (Å²) in [5, 5.41) is 0.522. The highest BCUT2D eigenvalue weighted by Crippen LogP contribution is 2.25. The maximum Gasteiger partial charge on any atom is 0.416 e. The summed E-state index contributed by atoms with van der Waals surface area (Å²) < 4.78 is 42.3. The standard InChI is InChI=1S/C11H13ClF3NO/c1-7(16)10(11(13,14)15)17-6-8-2-4-9(12)5-3-8/h2-5,7,10H,6,16H2,1H3. The van der Waals surface area contributed by atoms with Gasteiger partial charge in [0.15, 0.2) is 6.10 Å². The molecule has 0 aliphatic carbocycles. The minimum Gasteiger partial charge on any atom is -0.362 e. The molecule has 0 fully saturated rings. The molecule has 2 N–H and O–H groups in total. The van der Waals surface area contributed by atoms with Crippen molar-refractivity contribution in [3.05, 3.63) is 34.9 Å². The van der Waals surface area contributed by atoms with Crippen LogP contribution in [0.25, 0.3) is 0 Å². The van der Waals surface area contributed by atoms with Crippen molar-refractivity contribution in [3.8, 4) is 0 Å². The molecule has 6 heteroatoms. The van der Waals surface area contributed by atoms with Crippen molar-refractivity contribution >= 4 is 11.6 Å². The van der Waals surface area contributed by atoms with Crippen LogP contribution in [-0.4, -0.2) is 18.3 Å². The van der Waals surface area contributed by atoms with E-state index in [4.69, 9.17) is 22.1 Å². The van der Waals surface area contributed by atoms with Crippen molar-refractivity contribution in [3.63, 3.8) is 0 Å². The fraction of sp³-hybridized carbons (Fsp3) is 0.455. The highest BCUT2D eigenvalue weighted by molar-refractivity contribution is 6.30. The van der Waals surface area contributed by atoms with Crippen LogP contribution >= 0.6 is 11.6 Å². The van der Waals surface area contributed by atoms with Crippen LogP contribution in [0.1, 0.15) is 12.5 Å². The second-order valence-electron chi connectivity index (χ2n) is 3.76. The van der Waals surface area contributed by atoms with Crippen LogP contribution in [0.2, 0.25) is 5.02 Å². The van der Waals surface area contributed by atoms with Gasteiger partial charge in [-0.05, 0) is 24.6 Å². The van der Waals surface area contributed by atoms with Crippen LogP contribution in [0.4, 0.5) is 13.2 Å². The first-order chi connectivity index (χ1) is 7.80. The van der Waals surface area contributed by atoms with Gasteiger partial charge in [-0.15, -0.1) is 0 Å². The van der Waals surface area contributed by atoms with Crippen LogP contribution in [0.3, 0.4) is 0 Å². The van der Waals surface area contributed by atoms with Crippen LogP contribution in [0.15, 0.2) is 24.3 Å². The number of nitrogens with two attached hydrogens (primary N) is 1. The Bertz CT molecular complexity index is 351. The van der Waals surface area contributed by atoms with E-state index in [-0.39, 0.29) is 6.61 Å². The van der Waals surface area contributed by atoms with Gasteiger partial charge >= 0.3 is 6.18 Å². The Balaban J connectivity index is 2.61. The average molecular weight is 268 g/mol. The number of rotatable bonds is 4. The molecule has 0 aliphatic rings. The lowest BCUT2D eigenvalue weighted by Gasteiger charge is -2.23. The molecule has 0 saturated heterocycles. The maximum atomic E-state index is 12.5. The molecule has 1 rings (SSSR count). The largest absolute Gasteiger partial charge is 0.416 e. The number of hydrogen-bond acceptors (Lipinski definition) is 2. The summed E-state index contributed by atoms with van der Waals surface area (Å²) in [5.41, 5.74) is 5.86. The summed E-state index contributed by atoms with van der Waals surface area (Å²) >= 11 is 5.66. The fourth-order valence-electron chi connectivity index (χ4n) is 1.31. The van der Waals surface area contributed by atoms with E-state index in [1.54, 1.807) is 24.3 Å². The maximum absolute atomic E-state index is 12.5. The van der Waals surface area contributed by atoms with E-state index in [0.717, 1.165) is 0 Å². The summed E-state index contributed by atoms with van der Waals surface area (Å²) in [6.07, 6.45) is -6.42. The molecule has 0 bridgehead atoms. The van der Waals surface area contributed by atoms with E-state index in [9.17, 15) is 13.2 Å². The zero-order valence-electron chi connectivity index (χ0n) is 9.17. The molecular weight excluding hydrogens is 255 g/mol. The van der Waals surface area contributed by atoms with Gasteiger partial charge in [-0.2, -0.15) is 13.2 Å². The lowest BCUT2D eigenvalue weighted by atomic mass is 10.2. The van der Waals surface area contributed by atoms with Crippen LogP contribution < -0.4 is 5.73 Å². The molecule has 2 atom stereocenters. The molecule has 0 saturated carbocycles. The molecule has 0 radical (unpaired) electrons. The SMILES string of the molecule is CC(N)C(OCc1ccc(Cl)cc1)C(F)(F)F. The third-order valence-corrected chi connectivity index (χ3v) is 2.39. The van der Waals surface area contributed by atoms with Gasteiger partial charge in [-0.3, -0.25) is 0 Å². The molecule has 0 heterocycles. The summed E-state index contributed by atoms with van der Waals surface area (Å²) in [5.74, 6) is 0. The first-order valence-electron chi connectivity index (χ1n) is 4.99. The van der Waals surface area contributed by atoms with Crippen molar-refractivity contribution in [2.24, 2.45) is 5.73 Å². The number of hydrogen-bond donors (Lipinski definition) is 1. The Kier molecular flexibility index (Phi) is 4.80. The molecule has 0 aromatic heterocycles. The van der Waals surface area contributed by atoms with Crippen molar-refractivity contribution in [2.45, 2.75) is 31.9 Å². The highest BCUT2D eigenvalue weighted by Gasteiger charge is 2.43. The van der Waals surface area contributed by atoms with Crippen molar-refractivity contribution in [1.29, 1.82) is 0 Å². The van der Waals surface area contributed by atoms with E-state index in [0.29, 0.717) is 10.6 Å². The molecule has 1 aromatic rings. The summed E-state index contributed by atoms with van der Waals surface area (Å²) in [6.45, 7) is 1.11. The number of halogens is 4.